The summed E-state index contributed by atoms with van der Waals surface area (Å²) in [5.74, 6) is 0.499. The van der Waals surface area contributed by atoms with Gasteiger partial charge in [-0.3, -0.25) is 10.1 Å². The number of halogens is 1. The van der Waals surface area contributed by atoms with Gasteiger partial charge in [-0.2, -0.15) is 9.97 Å². The number of benzene rings is 1. The van der Waals surface area contributed by atoms with Crippen LogP contribution in [0.4, 0.5) is 11.5 Å². The molecule has 1 aromatic carbocycles. The summed E-state index contributed by atoms with van der Waals surface area (Å²) in [4.78, 5) is 17.9. The van der Waals surface area contributed by atoms with Gasteiger partial charge in [0.15, 0.2) is 0 Å². The number of rotatable bonds is 3. The lowest BCUT2D eigenvalue weighted by molar-refractivity contribution is -0.384. The fourth-order valence-electron chi connectivity index (χ4n) is 1.23. The Morgan fingerprint density at radius 2 is 2.11 bits per heavy atom. The van der Waals surface area contributed by atoms with Crippen molar-refractivity contribution in [3.63, 3.8) is 0 Å². The molecule has 0 atom stereocenters. The van der Waals surface area contributed by atoms with Crippen molar-refractivity contribution in [2.24, 2.45) is 0 Å². The highest BCUT2D eigenvalue weighted by Gasteiger charge is 2.09. The minimum Gasteiger partial charge on any atom is -0.424 e. The number of nitrogen functional groups attached to an aromatic ring is 1. The number of non-ortho nitro benzene ring substituents is 1. The Morgan fingerprint density at radius 3 is 2.78 bits per heavy atom. The maximum absolute atomic E-state index is 10.6. The van der Waals surface area contributed by atoms with E-state index in [2.05, 4.69) is 25.9 Å². The molecule has 0 aliphatic carbocycles. The molecule has 2 rings (SSSR count). The molecule has 0 aliphatic rings. The summed E-state index contributed by atoms with van der Waals surface area (Å²) in [6.45, 7) is 0. The first-order valence-electron chi connectivity index (χ1n) is 4.77. The van der Waals surface area contributed by atoms with E-state index in [1.165, 1.54) is 24.3 Å². The molecule has 0 unspecified atom stereocenters. The third-order valence-corrected chi connectivity index (χ3v) is 2.34. The van der Waals surface area contributed by atoms with Crippen LogP contribution in [-0.4, -0.2) is 14.9 Å². The average molecular weight is 311 g/mol. The maximum atomic E-state index is 10.6. The smallest absolute Gasteiger partial charge is 0.325 e. The van der Waals surface area contributed by atoms with E-state index in [-0.39, 0.29) is 23.3 Å². The molecule has 7 nitrogen and oxygen atoms in total. The van der Waals surface area contributed by atoms with Crippen LogP contribution in [0.25, 0.3) is 0 Å². The van der Waals surface area contributed by atoms with Crippen molar-refractivity contribution in [2.45, 2.75) is 0 Å². The molecule has 92 valence electrons. The average Bonchev–Trinajstić information content (AvgIpc) is 2.27. The Morgan fingerprint density at radius 1 is 1.33 bits per heavy atom. The zero-order valence-electron chi connectivity index (χ0n) is 8.91. The number of hydrogen-bond donors (Lipinski definition) is 1. The Balaban J connectivity index is 2.28. The molecule has 0 saturated heterocycles. The monoisotopic (exact) mass is 310 g/mol. The SMILES string of the molecule is Nc1cc(Br)nc(Oc2cccc([N+](=O)[O-])c2)n1. The van der Waals surface area contributed by atoms with Crippen LogP contribution in [0, 0.1) is 10.1 Å². The first-order valence-corrected chi connectivity index (χ1v) is 5.56. The van der Waals surface area contributed by atoms with Gasteiger partial charge < -0.3 is 10.5 Å². The van der Waals surface area contributed by atoms with Gasteiger partial charge in [-0.1, -0.05) is 6.07 Å². The highest BCUT2D eigenvalue weighted by molar-refractivity contribution is 9.10. The fourth-order valence-corrected chi connectivity index (χ4v) is 1.61. The number of hydrogen-bond acceptors (Lipinski definition) is 6. The van der Waals surface area contributed by atoms with Gasteiger partial charge in [-0.15, -0.1) is 0 Å². The van der Waals surface area contributed by atoms with E-state index in [4.69, 9.17) is 10.5 Å². The van der Waals surface area contributed by atoms with Gasteiger partial charge in [0.05, 0.1) is 11.0 Å². The van der Waals surface area contributed by atoms with Crippen molar-refractivity contribution in [1.29, 1.82) is 0 Å². The Hall–Kier alpha value is -2.22. The molecule has 0 aliphatic heterocycles. The van der Waals surface area contributed by atoms with Crippen LogP contribution in [0.5, 0.6) is 11.8 Å². The van der Waals surface area contributed by atoms with Crippen LogP contribution in [-0.2, 0) is 0 Å². The second-order valence-corrected chi connectivity index (χ2v) is 4.07. The van der Waals surface area contributed by atoms with E-state index in [9.17, 15) is 10.1 Å². The van der Waals surface area contributed by atoms with E-state index in [1.54, 1.807) is 6.07 Å². The minimum atomic E-state index is -0.511. The van der Waals surface area contributed by atoms with Gasteiger partial charge in [0.2, 0.25) is 0 Å². The predicted molar refractivity (Wildman–Crippen MR) is 67.3 cm³/mol. The number of anilines is 1. The molecule has 0 bridgehead atoms. The van der Waals surface area contributed by atoms with Gasteiger partial charge >= 0.3 is 6.01 Å². The number of aromatic nitrogens is 2. The standard InChI is InChI=1S/C10H7BrN4O3/c11-8-5-9(12)14-10(13-8)18-7-3-1-2-6(4-7)15(16)17/h1-5H,(H2,12,13,14). The van der Waals surface area contributed by atoms with Gasteiger partial charge in [-0.25, -0.2) is 0 Å². The number of nitrogens with two attached hydrogens (primary N) is 1. The molecule has 1 aromatic heterocycles. The Labute approximate surface area is 110 Å². The fraction of sp³-hybridized carbons (Fsp3) is 0. The zero-order chi connectivity index (χ0) is 13.1. The summed E-state index contributed by atoms with van der Waals surface area (Å²) in [6.07, 6.45) is 0. The Kier molecular flexibility index (Phi) is 3.38. The summed E-state index contributed by atoms with van der Waals surface area (Å²) in [5, 5.41) is 10.6. The summed E-state index contributed by atoms with van der Waals surface area (Å²) in [7, 11) is 0. The predicted octanol–water partition coefficient (Wildman–Crippen LogP) is 2.52. The quantitative estimate of drug-likeness (QED) is 0.530. The largest absolute Gasteiger partial charge is 0.424 e. The van der Waals surface area contributed by atoms with Gasteiger partial charge in [0.25, 0.3) is 5.69 Å². The van der Waals surface area contributed by atoms with Crippen LogP contribution < -0.4 is 10.5 Å². The highest BCUT2D eigenvalue weighted by atomic mass is 79.9. The number of nitro benzene ring substituents is 1. The van der Waals surface area contributed by atoms with Gasteiger partial charge in [0.1, 0.15) is 16.2 Å². The van der Waals surface area contributed by atoms with Crippen LogP contribution in [0.3, 0.4) is 0 Å². The molecule has 0 spiro atoms. The van der Waals surface area contributed by atoms with Crippen molar-refractivity contribution in [3.05, 3.63) is 45.0 Å². The van der Waals surface area contributed by atoms with Gasteiger partial charge in [-0.05, 0) is 22.0 Å². The summed E-state index contributed by atoms with van der Waals surface area (Å²) in [6, 6.07) is 7.24. The van der Waals surface area contributed by atoms with Gasteiger partial charge in [0, 0.05) is 12.1 Å². The number of nitro groups is 1. The van der Waals surface area contributed by atoms with Crippen LogP contribution in [0.15, 0.2) is 34.9 Å². The summed E-state index contributed by atoms with van der Waals surface area (Å²) in [5.41, 5.74) is 5.45. The number of ether oxygens (including phenoxy) is 1. The lowest BCUT2D eigenvalue weighted by Gasteiger charge is -2.04. The molecule has 1 heterocycles. The van der Waals surface area contributed by atoms with Crippen molar-refractivity contribution >= 4 is 27.4 Å². The van der Waals surface area contributed by atoms with Crippen LogP contribution >= 0.6 is 15.9 Å². The lowest BCUT2D eigenvalue weighted by Crippen LogP contribution is -1.97. The van der Waals surface area contributed by atoms with Crippen molar-refractivity contribution in [2.75, 3.05) is 5.73 Å². The second-order valence-electron chi connectivity index (χ2n) is 3.25. The maximum Gasteiger partial charge on any atom is 0.325 e. The summed E-state index contributed by atoms with van der Waals surface area (Å²) < 4.78 is 5.76. The normalized spacial score (nSPS) is 10.1. The molecule has 8 heteroatoms. The third-order valence-electron chi connectivity index (χ3n) is 1.93. The molecular formula is C10H7BrN4O3. The van der Waals surface area contributed by atoms with E-state index < -0.39 is 4.92 Å². The van der Waals surface area contributed by atoms with E-state index in [0.29, 0.717) is 4.60 Å². The molecule has 0 amide bonds. The van der Waals surface area contributed by atoms with Crippen molar-refractivity contribution in [1.82, 2.24) is 9.97 Å². The first-order chi connectivity index (χ1) is 8.54. The van der Waals surface area contributed by atoms with E-state index in [0.717, 1.165) is 0 Å². The topological polar surface area (TPSA) is 104 Å². The molecular weight excluding hydrogens is 304 g/mol. The molecule has 0 saturated carbocycles. The van der Waals surface area contributed by atoms with E-state index >= 15 is 0 Å². The molecule has 0 radical (unpaired) electrons. The Bertz CT molecular complexity index is 585. The molecule has 2 aromatic rings. The summed E-state index contributed by atoms with van der Waals surface area (Å²) >= 11 is 3.14. The lowest BCUT2D eigenvalue weighted by atomic mass is 10.3. The van der Waals surface area contributed by atoms with E-state index in [1.807, 2.05) is 0 Å². The molecule has 0 fully saturated rings. The number of nitrogens with zero attached hydrogens (tertiary/aromatic N) is 3. The van der Waals surface area contributed by atoms with Crippen molar-refractivity contribution in [3.8, 4) is 11.8 Å². The molecule has 18 heavy (non-hydrogen) atoms. The highest BCUT2D eigenvalue weighted by Crippen LogP contribution is 2.24. The zero-order valence-corrected chi connectivity index (χ0v) is 10.5. The van der Waals surface area contributed by atoms with Crippen LogP contribution in [0.1, 0.15) is 0 Å². The minimum absolute atomic E-state index is 0.0161. The third kappa shape index (κ3) is 2.92. The van der Waals surface area contributed by atoms with Crippen LogP contribution in [0.2, 0.25) is 0 Å². The first kappa shape index (κ1) is 12.2. The molecule has 2 N–H and O–H groups in total. The van der Waals surface area contributed by atoms with Crippen molar-refractivity contribution < 1.29 is 9.66 Å². The second kappa shape index (κ2) is 4.96.